The SMILES string of the molecule is COc1ccc(NC(=O)C(C)(C)CN)cc1OC(F)F. The average molecular weight is 288 g/mol. The van der Waals surface area contributed by atoms with E-state index in [1.54, 1.807) is 13.8 Å². The first-order valence-corrected chi connectivity index (χ1v) is 5.94. The molecule has 1 aromatic rings. The molecule has 0 saturated heterocycles. The highest BCUT2D eigenvalue weighted by atomic mass is 19.3. The van der Waals surface area contributed by atoms with Crippen LogP contribution >= 0.6 is 0 Å². The first kappa shape index (κ1) is 16.2. The Bertz CT molecular complexity index is 479. The van der Waals surface area contributed by atoms with Crippen LogP contribution in [-0.4, -0.2) is 26.2 Å². The minimum absolute atomic E-state index is 0.147. The van der Waals surface area contributed by atoms with Gasteiger partial charge in [-0.1, -0.05) is 0 Å². The molecule has 0 unspecified atom stereocenters. The molecular weight excluding hydrogens is 270 g/mol. The summed E-state index contributed by atoms with van der Waals surface area (Å²) in [6, 6.07) is 4.24. The van der Waals surface area contributed by atoms with E-state index in [1.165, 1.54) is 25.3 Å². The van der Waals surface area contributed by atoms with E-state index in [-0.39, 0.29) is 24.0 Å². The summed E-state index contributed by atoms with van der Waals surface area (Å²) in [6.45, 7) is 0.551. The molecule has 1 rings (SSSR count). The van der Waals surface area contributed by atoms with E-state index in [1.807, 2.05) is 0 Å². The second-order valence-corrected chi connectivity index (χ2v) is 4.79. The Kier molecular flexibility index (Phi) is 5.26. The lowest BCUT2D eigenvalue weighted by Gasteiger charge is -2.21. The summed E-state index contributed by atoms with van der Waals surface area (Å²) >= 11 is 0. The van der Waals surface area contributed by atoms with Crippen molar-refractivity contribution in [3.05, 3.63) is 18.2 Å². The quantitative estimate of drug-likeness (QED) is 0.841. The molecule has 0 spiro atoms. The number of carbonyl (C=O) groups is 1. The maximum atomic E-state index is 12.3. The van der Waals surface area contributed by atoms with Gasteiger partial charge in [0.25, 0.3) is 0 Å². The van der Waals surface area contributed by atoms with Crippen LogP contribution < -0.4 is 20.5 Å². The summed E-state index contributed by atoms with van der Waals surface area (Å²) in [5, 5.41) is 2.60. The number of amides is 1. The van der Waals surface area contributed by atoms with Crippen molar-refractivity contribution in [2.24, 2.45) is 11.1 Å². The van der Waals surface area contributed by atoms with Gasteiger partial charge in [0.1, 0.15) is 0 Å². The summed E-state index contributed by atoms with van der Waals surface area (Å²) in [5.74, 6) is -0.305. The lowest BCUT2D eigenvalue weighted by Crippen LogP contribution is -2.37. The minimum atomic E-state index is -2.98. The van der Waals surface area contributed by atoms with Gasteiger partial charge in [-0.3, -0.25) is 4.79 Å². The van der Waals surface area contributed by atoms with Crippen LogP contribution in [0.25, 0.3) is 0 Å². The van der Waals surface area contributed by atoms with Crippen LogP contribution in [-0.2, 0) is 4.79 Å². The Morgan fingerprint density at radius 3 is 2.55 bits per heavy atom. The van der Waals surface area contributed by atoms with E-state index in [9.17, 15) is 13.6 Å². The number of nitrogens with two attached hydrogens (primary N) is 1. The predicted octanol–water partition coefficient (Wildman–Crippen LogP) is 2.22. The highest BCUT2D eigenvalue weighted by molar-refractivity contribution is 5.95. The first-order valence-electron chi connectivity index (χ1n) is 5.94. The molecule has 0 bridgehead atoms. The van der Waals surface area contributed by atoms with Gasteiger partial charge in [0.15, 0.2) is 11.5 Å². The van der Waals surface area contributed by atoms with Crippen LogP contribution in [0.5, 0.6) is 11.5 Å². The molecule has 3 N–H and O–H groups in total. The van der Waals surface area contributed by atoms with Gasteiger partial charge in [0, 0.05) is 18.3 Å². The molecule has 5 nitrogen and oxygen atoms in total. The van der Waals surface area contributed by atoms with Crippen molar-refractivity contribution in [2.45, 2.75) is 20.5 Å². The summed E-state index contributed by atoms with van der Waals surface area (Å²) in [7, 11) is 1.34. The van der Waals surface area contributed by atoms with Crippen molar-refractivity contribution in [3.63, 3.8) is 0 Å². The summed E-state index contributed by atoms with van der Waals surface area (Å²) < 4.78 is 33.8. The molecule has 0 atom stereocenters. The van der Waals surface area contributed by atoms with Crippen molar-refractivity contribution in [1.82, 2.24) is 0 Å². The summed E-state index contributed by atoms with van der Waals surface area (Å²) in [6.07, 6.45) is 0. The molecule has 112 valence electrons. The fourth-order valence-corrected chi connectivity index (χ4v) is 1.34. The topological polar surface area (TPSA) is 73.6 Å². The van der Waals surface area contributed by atoms with E-state index in [0.29, 0.717) is 5.69 Å². The molecule has 0 aromatic heterocycles. The second kappa shape index (κ2) is 6.51. The van der Waals surface area contributed by atoms with Crippen LogP contribution in [0.1, 0.15) is 13.8 Å². The summed E-state index contributed by atoms with van der Waals surface area (Å²) in [4.78, 5) is 11.9. The third-order valence-electron chi connectivity index (χ3n) is 2.76. The molecular formula is C13H18F2N2O3. The number of hydrogen-bond donors (Lipinski definition) is 2. The number of hydrogen-bond acceptors (Lipinski definition) is 4. The zero-order valence-corrected chi connectivity index (χ0v) is 11.6. The molecule has 7 heteroatoms. The minimum Gasteiger partial charge on any atom is -0.493 e. The van der Waals surface area contributed by atoms with Gasteiger partial charge in [0.05, 0.1) is 12.5 Å². The number of nitrogens with one attached hydrogen (secondary N) is 1. The smallest absolute Gasteiger partial charge is 0.387 e. The zero-order valence-electron chi connectivity index (χ0n) is 11.6. The molecule has 0 aliphatic heterocycles. The number of ether oxygens (including phenoxy) is 2. The number of benzene rings is 1. The monoisotopic (exact) mass is 288 g/mol. The number of rotatable bonds is 6. The average Bonchev–Trinajstić information content (AvgIpc) is 2.38. The normalized spacial score (nSPS) is 11.3. The first-order chi connectivity index (χ1) is 9.30. The fraction of sp³-hybridized carbons (Fsp3) is 0.462. The van der Waals surface area contributed by atoms with Crippen LogP contribution in [0.15, 0.2) is 18.2 Å². The third kappa shape index (κ3) is 4.06. The maximum absolute atomic E-state index is 12.3. The zero-order chi connectivity index (χ0) is 15.3. The van der Waals surface area contributed by atoms with Gasteiger partial charge in [-0.25, -0.2) is 0 Å². The molecule has 20 heavy (non-hydrogen) atoms. The number of alkyl halides is 2. The molecule has 1 aromatic carbocycles. The third-order valence-corrected chi connectivity index (χ3v) is 2.76. The predicted molar refractivity (Wildman–Crippen MR) is 71.1 cm³/mol. The van der Waals surface area contributed by atoms with Gasteiger partial charge >= 0.3 is 6.61 Å². The highest BCUT2D eigenvalue weighted by Gasteiger charge is 2.26. The summed E-state index contributed by atoms with van der Waals surface area (Å²) in [5.41, 5.74) is 5.06. The molecule has 0 fully saturated rings. The van der Waals surface area contributed by atoms with Crippen LogP contribution in [0.3, 0.4) is 0 Å². The number of anilines is 1. The standard InChI is InChI=1S/C13H18F2N2O3/c1-13(2,7-16)11(18)17-8-4-5-9(19-3)10(6-8)20-12(14)15/h4-6,12H,7,16H2,1-3H3,(H,17,18). The molecule has 0 aliphatic rings. The lowest BCUT2D eigenvalue weighted by atomic mass is 9.92. The van der Waals surface area contributed by atoms with E-state index in [4.69, 9.17) is 10.5 Å². The van der Waals surface area contributed by atoms with Crippen LogP contribution in [0, 0.1) is 5.41 Å². The van der Waals surface area contributed by atoms with Crippen molar-refractivity contribution >= 4 is 11.6 Å². The van der Waals surface area contributed by atoms with E-state index < -0.39 is 12.0 Å². The number of halogens is 2. The van der Waals surface area contributed by atoms with Gasteiger partial charge < -0.3 is 20.5 Å². The van der Waals surface area contributed by atoms with E-state index >= 15 is 0 Å². The van der Waals surface area contributed by atoms with Crippen molar-refractivity contribution in [2.75, 3.05) is 19.0 Å². The Balaban J connectivity index is 2.95. The van der Waals surface area contributed by atoms with Crippen molar-refractivity contribution in [3.8, 4) is 11.5 Å². The van der Waals surface area contributed by atoms with Gasteiger partial charge in [0.2, 0.25) is 5.91 Å². The highest BCUT2D eigenvalue weighted by Crippen LogP contribution is 2.32. The Hall–Kier alpha value is -1.89. The molecule has 0 saturated carbocycles. The molecule has 0 heterocycles. The second-order valence-electron chi connectivity index (χ2n) is 4.79. The number of carbonyl (C=O) groups excluding carboxylic acids is 1. The van der Waals surface area contributed by atoms with E-state index in [2.05, 4.69) is 10.1 Å². The van der Waals surface area contributed by atoms with Crippen molar-refractivity contribution in [1.29, 1.82) is 0 Å². The maximum Gasteiger partial charge on any atom is 0.387 e. The van der Waals surface area contributed by atoms with Crippen molar-refractivity contribution < 1.29 is 23.0 Å². The van der Waals surface area contributed by atoms with Gasteiger partial charge in [-0.2, -0.15) is 8.78 Å². The molecule has 0 aliphatic carbocycles. The Labute approximate surface area is 116 Å². The molecule has 0 radical (unpaired) electrons. The van der Waals surface area contributed by atoms with Gasteiger partial charge in [-0.05, 0) is 26.0 Å². The Morgan fingerprint density at radius 1 is 1.40 bits per heavy atom. The van der Waals surface area contributed by atoms with Gasteiger partial charge in [-0.15, -0.1) is 0 Å². The fourth-order valence-electron chi connectivity index (χ4n) is 1.34. The van der Waals surface area contributed by atoms with Crippen LogP contribution in [0.2, 0.25) is 0 Å². The molecule has 1 amide bonds. The van der Waals surface area contributed by atoms with E-state index in [0.717, 1.165) is 0 Å². The lowest BCUT2D eigenvalue weighted by molar-refractivity contribution is -0.123. The largest absolute Gasteiger partial charge is 0.493 e. The van der Waals surface area contributed by atoms with Crippen LogP contribution in [0.4, 0.5) is 14.5 Å². The Morgan fingerprint density at radius 2 is 2.05 bits per heavy atom. The number of methoxy groups -OCH3 is 1.